The minimum Gasteiger partial charge on any atom is -0.310 e. The van der Waals surface area contributed by atoms with Crippen LogP contribution in [0.25, 0.3) is 10.4 Å². The van der Waals surface area contributed by atoms with Gasteiger partial charge in [-0.25, -0.2) is 9.37 Å². The molecule has 0 amide bonds. The Kier molecular flexibility index (Phi) is 5.85. The van der Waals surface area contributed by atoms with E-state index >= 15 is 0 Å². The first-order valence-electron chi connectivity index (χ1n) is 7.48. The van der Waals surface area contributed by atoms with Gasteiger partial charge in [0.15, 0.2) is 0 Å². The summed E-state index contributed by atoms with van der Waals surface area (Å²) in [6.07, 6.45) is 2.45. The van der Waals surface area contributed by atoms with E-state index in [9.17, 15) is 4.39 Å². The van der Waals surface area contributed by atoms with Crippen molar-refractivity contribution in [2.24, 2.45) is 0 Å². The zero-order chi connectivity index (χ0) is 16.9. The molecule has 1 heterocycles. The van der Waals surface area contributed by atoms with Crippen LogP contribution in [0.1, 0.15) is 10.6 Å². The molecule has 0 aliphatic carbocycles. The van der Waals surface area contributed by atoms with Crippen molar-refractivity contribution in [3.63, 3.8) is 0 Å². The summed E-state index contributed by atoms with van der Waals surface area (Å²) in [4.78, 5) is 5.39. The maximum Gasteiger partial charge on any atom is 0.126 e. The summed E-state index contributed by atoms with van der Waals surface area (Å²) in [6, 6.07) is 12.4. The molecule has 3 rings (SSSR count). The minimum absolute atomic E-state index is 0.161. The van der Waals surface area contributed by atoms with E-state index < -0.39 is 0 Å². The topological polar surface area (TPSA) is 24.9 Å². The van der Waals surface area contributed by atoms with E-state index in [2.05, 4.69) is 10.3 Å². The maximum absolute atomic E-state index is 13.5. The molecule has 0 radical (unpaired) electrons. The van der Waals surface area contributed by atoms with Crippen LogP contribution in [0.5, 0.6) is 0 Å². The Morgan fingerprint density at radius 1 is 1.08 bits per heavy atom. The molecule has 0 unspecified atom stereocenters. The monoisotopic (exact) mass is 380 g/mol. The summed E-state index contributed by atoms with van der Waals surface area (Å²) in [5.74, 6) is -0.161. The van der Waals surface area contributed by atoms with Crippen molar-refractivity contribution in [1.29, 1.82) is 0 Å². The van der Waals surface area contributed by atoms with Crippen LogP contribution in [-0.4, -0.2) is 11.5 Å². The predicted octanol–water partition coefficient (Wildman–Crippen LogP) is 5.59. The summed E-state index contributed by atoms with van der Waals surface area (Å²) >= 11 is 13.9. The molecular formula is C18H15Cl2FN2S. The number of aromatic nitrogens is 1. The van der Waals surface area contributed by atoms with Gasteiger partial charge in [0.1, 0.15) is 10.8 Å². The average Bonchev–Trinajstić information content (AvgIpc) is 3.04. The van der Waals surface area contributed by atoms with Crippen LogP contribution in [-0.2, 0) is 13.0 Å². The lowest BCUT2D eigenvalue weighted by molar-refractivity contribution is 0.597. The minimum atomic E-state index is -0.161. The Hall–Kier alpha value is -1.46. The Morgan fingerprint density at radius 2 is 1.92 bits per heavy atom. The van der Waals surface area contributed by atoms with E-state index in [1.165, 1.54) is 6.07 Å². The maximum atomic E-state index is 13.5. The Bertz CT molecular complexity index is 835. The van der Waals surface area contributed by atoms with Crippen molar-refractivity contribution in [2.75, 3.05) is 6.54 Å². The van der Waals surface area contributed by atoms with Crippen LogP contribution in [0.2, 0.25) is 10.0 Å². The second-order valence-electron chi connectivity index (χ2n) is 5.24. The number of hydrogen-bond donors (Lipinski definition) is 1. The van der Waals surface area contributed by atoms with Gasteiger partial charge in [0, 0.05) is 18.3 Å². The van der Waals surface area contributed by atoms with Gasteiger partial charge in [-0.15, -0.1) is 11.3 Å². The number of benzene rings is 2. The predicted molar refractivity (Wildman–Crippen MR) is 99.4 cm³/mol. The fraction of sp³-hybridized carbons (Fsp3) is 0.167. The highest BCUT2D eigenvalue weighted by atomic mass is 35.5. The molecule has 3 aromatic rings. The highest BCUT2D eigenvalue weighted by Crippen LogP contribution is 2.36. The van der Waals surface area contributed by atoms with E-state index in [4.69, 9.17) is 23.2 Å². The lowest BCUT2D eigenvalue weighted by Crippen LogP contribution is -2.16. The Morgan fingerprint density at radius 3 is 2.75 bits per heavy atom. The third kappa shape index (κ3) is 4.14. The SMILES string of the molecule is Fc1ccccc1CCNCc1ncc(-c2cccc(Cl)c2Cl)s1. The van der Waals surface area contributed by atoms with Gasteiger partial charge in [0.05, 0.1) is 14.9 Å². The zero-order valence-corrected chi connectivity index (χ0v) is 15.1. The van der Waals surface area contributed by atoms with Crippen molar-refractivity contribution in [2.45, 2.75) is 13.0 Å². The zero-order valence-electron chi connectivity index (χ0n) is 12.7. The standard InChI is InChI=1S/C18H15Cl2FN2S/c19-14-6-3-5-13(18(14)20)16-10-23-17(24-16)11-22-9-8-12-4-1-2-7-15(12)21/h1-7,10,22H,8-9,11H2. The number of thiazole rings is 1. The van der Waals surface area contributed by atoms with Gasteiger partial charge >= 0.3 is 0 Å². The molecule has 2 aromatic carbocycles. The number of nitrogens with zero attached hydrogens (tertiary/aromatic N) is 1. The molecule has 0 fully saturated rings. The molecule has 0 aliphatic heterocycles. The number of halogens is 3. The fourth-order valence-electron chi connectivity index (χ4n) is 2.33. The van der Waals surface area contributed by atoms with Gasteiger partial charge in [-0.05, 0) is 30.7 Å². The fourth-order valence-corrected chi connectivity index (χ4v) is 3.71. The molecule has 0 saturated heterocycles. The highest BCUT2D eigenvalue weighted by molar-refractivity contribution is 7.15. The van der Waals surface area contributed by atoms with Gasteiger partial charge in [-0.1, -0.05) is 53.5 Å². The van der Waals surface area contributed by atoms with Crippen LogP contribution < -0.4 is 5.32 Å². The summed E-state index contributed by atoms with van der Waals surface area (Å²) in [7, 11) is 0. The van der Waals surface area contributed by atoms with Crippen molar-refractivity contribution >= 4 is 34.5 Å². The summed E-state index contributed by atoms with van der Waals surface area (Å²) in [5.41, 5.74) is 1.61. The Labute approximate surface area is 154 Å². The van der Waals surface area contributed by atoms with Gasteiger partial charge in [0.2, 0.25) is 0 Å². The van der Waals surface area contributed by atoms with E-state index in [1.807, 2.05) is 18.2 Å². The molecule has 124 valence electrons. The molecule has 1 aromatic heterocycles. The first-order valence-corrected chi connectivity index (χ1v) is 9.05. The normalized spacial score (nSPS) is 11.0. The molecular weight excluding hydrogens is 366 g/mol. The van der Waals surface area contributed by atoms with E-state index in [0.29, 0.717) is 29.6 Å². The second kappa shape index (κ2) is 8.08. The second-order valence-corrected chi connectivity index (χ2v) is 7.14. The highest BCUT2D eigenvalue weighted by Gasteiger charge is 2.10. The van der Waals surface area contributed by atoms with Gasteiger partial charge in [0.25, 0.3) is 0 Å². The number of rotatable bonds is 6. The first-order chi connectivity index (χ1) is 11.6. The smallest absolute Gasteiger partial charge is 0.126 e. The third-order valence-electron chi connectivity index (χ3n) is 3.58. The van der Waals surface area contributed by atoms with Crippen LogP contribution in [0, 0.1) is 5.82 Å². The summed E-state index contributed by atoms with van der Waals surface area (Å²) < 4.78 is 13.5. The molecule has 6 heteroatoms. The van der Waals surface area contributed by atoms with Crippen LogP contribution in [0.4, 0.5) is 4.39 Å². The van der Waals surface area contributed by atoms with Crippen LogP contribution in [0.15, 0.2) is 48.7 Å². The van der Waals surface area contributed by atoms with Gasteiger partial charge < -0.3 is 5.32 Å². The molecule has 0 bridgehead atoms. The molecule has 0 atom stereocenters. The van der Waals surface area contributed by atoms with Crippen LogP contribution >= 0.6 is 34.5 Å². The lowest BCUT2D eigenvalue weighted by Gasteiger charge is -2.04. The molecule has 0 spiro atoms. The van der Waals surface area contributed by atoms with Crippen LogP contribution in [0.3, 0.4) is 0 Å². The number of nitrogens with one attached hydrogen (secondary N) is 1. The lowest BCUT2D eigenvalue weighted by atomic mass is 10.1. The van der Waals surface area contributed by atoms with Gasteiger partial charge in [-0.3, -0.25) is 0 Å². The Balaban J connectivity index is 1.57. The first kappa shape index (κ1) is 17.4. The quantitative estimate of drug-likeness (QED) is 0.563. The van der Waals surface area contributed by atoms with Crippen molar-refractivity contribution in [3.05, 3.63) is 75.1 Å². The van der Waals surface area contributed by atoms with Gasteiger partial charge in [-0.2, -0.15) is 0 Å². The van der Waals surface area contributed by atoms with E-state index in [0.717, 1.165) is 21.0 Å². The molecule has 2 nitrogen and oxygen atoms in total. The molecule has 0 saturated carbocycles. The van der Waals surface area contributed by atoms with Crippen molar-refractivity contribution in [1.82, 2.24) is 10.3 Å². The molecule has 1 N–H and O–H groups in total. The largest absolute Gasteiger partial charge is 0.310 e. The summed E-state index contributed by atoms with van der Waals surface area (Å²) in [5, 5.41) is 5.32. The molecule has 0 aliphatic rings. The van der Waals surface area contributed by atoms with E-state index in [-0.39, 0.29) is 5.82 Å². The third-order valence-corrected chi connectivity index (χ3v) is 5.43. The van der Waals surface area contributed by atoms with Crippen molar-refractivity contribution in [3.8, 4) is 10.4 Å². The van der Waals surface area contributed by atoms with Crippen molar-refractivity contribution < 1.29 is 4.39 Å². The number of hydrogen-bond acceptors (Lipinski definition) is 3. The summed E-state index contributed by atoms with van der Waals surface area (Å²) in [6.45, 7) is 1.32. The van der Waals surface area contributed by atoms with E-state index in [1.54, 1.807) is 35.7 Å². The average molecular weight is 381 g/mol. The molecule has 24 heavy (non-hydrogen) atoms.